The number of nitrogens with one attached hydrogen (secondary N) is 1. The highest BCUT2D eigenvalue weighted by molar-refractivity contribution is 7.92. The van der Waals surface area contributed by atoms with E-state index in [0.29, 0.717) is 17.8 Å². The van der Waals surface area contributed by atoms with E-state index in [-0.39, 0.29) is 11.7 Å². The highest BCUT2D eigenvalue weighted by atomic mass is 32.2. The zero-order valence-corrected chi connectivity index (χ0v) is 15.3. The minimum absolute atomic E-state index is 0.0715. The summed E-state index contributed by atoms with van der Waals surface area (Å²) in [5.41, 5.74) is 3.96. The Bertz CT molecular complexity index is 907. The number of benzene rings is 2. The Morgan fingerprint density at radius 3 is 2.72 bits per heavy atom. The third-order valence-corrected chi connectivity index (χ3v) is 6.17. The maximum atomic E-state index is 12.5. The van der Waals surface area contributed by atoms with E-state index in [0.717, 1.165) is 29.7 Å². The van der Waals surface area contributed by atoms with Crippen LogP contribution in [0.4, 0.5) is 11.4 Å². The van der Waals surface area contributed by atoms with Crippen LogP contribution in [0.1, 0.15) is 34.8 Å². The van der Waals surface area contributed by atoms with Gasteiger partial charge in [0.2, 0.25) is 10.0 Å². The molecule has 2 aromatic rings. The highest BCUT2D eigenvalue weighted by Gasteiger charge is 2.26. The van der Waals surface area contributed by atoms with Crippen molar-refractivity contribution in [1.82, 2.24) is 0 Å². The number of carbonyl (C=O) groups excluding carboxylic acids is 1. The van der Waals surface area contributed by atoms with Gasteiger partial charge in [0.15, 0.2) is 0 Å². The maximum Gasteiger partial charge on any atom is 0.255 e. The summed E-state index contributed by atoms with van der Waals surface area (Å²) in [5.74, 6) is -0.119. The van der Waals surface area contributed by atoms with Crippen molar-refractivity contribution in [3.63, 3.8) is 0 Å². The van der Waals surface area contributed by atoms with Gasteiger partial charge >= 0.3 is 0 Å². The van der Waals surface area contributed by atoms with Crippen LogP contribution >= 0.6 is 0 Å². The molecule has 1 amide bonds. The summed E-state index contributed by atoms with van der Waals surface area (Å²) in [7, 11) is -3.29. The lowest BCUT2D eigenvalue weighted by Gasteiger charge is -2.30. The van der Waals surface area contributed by atoms with Gasteiger partial charge in [0, 0.05) is 17.8 Å². The highest BCUT2D eigenvalue weighted by Crippen LogP contribution is 2.30. The maximum absolute atomic E-state index is 12.5. The summed E-state index contributed by atoms with van der Waals surface area (Å²) in [6.45, 7) is 4.11. The smallest absolute Gasteiger partial charge is 0.255 e. The molecule has 0 unspecified atom stereocenters. The Balaban J connectivity index is 1.87. The normalized spacial score (nSPS) is 14.1. The lowest BCUT2D eigenvalue weighted by molar-refractivity contribution is 0.102. The van der Waals surface area contributed by atoms with Crippen LogP contribution in [-0.4, -0.2) is 26.6 Å². The molecule has 3 rings (SSSR count). The lowest BCUT2D eigenvalue weighted by Crippen LogP contribution is -2.36. The molecule has 0 bridgehead atoms. The van der Waals surface area contributed by atoms with E-state index in [1.165, 1.54) is 4.31 Å². The van der Waals surface area contributed by atoms with Crippen molar-refractivity contribution in [1.29, 1.82) is 0 Å². The molecule has 0 spiro atoms. The van der Waals surface area contributed by atoms with Gasteiger partial charge < -0.3 is 5.32 Å². The van der Waals surface area contributed by atoms with Crippen molar-refractivity contribution in [3.8, 4) is 0 Å². The Kier molecular flexibility index (Phi) is 4.81. The van der Waals surface area contributed by atoms with Crippen LogP contribution in [0, 0.1) is 6.92 Å². The molecule has 0 saturated heterocycles. The van der Waals surface area contributed by atoms with Crippen molar-refractivity contribution in [3.05, 3.63) is 59.2 Å². The third kappa shape index (κ3) is 3.69. The van der Waals surface area contributed by atoms with Crippen LogP contribution in [0.15, 0.2) is 42.5 Å². The third-order valence-electron chi connectivity index (χ3n) is 4.39. The Hall–Kier alpha value is -2.34. The molecule has 5 nitrogen and oxygen atoms in total. The molecule has 25 heavy (non-hydrogen) atoms. The number of amides is 1. The zero-order valence-electron chi connectivity index (χ0n) is 14.5. The second kappa shape index (κ2) is 6.88. The fourth-order valence-electron chi connectivity index (χ4n) is 3.07. The number of hydrogen-bond donors (Lipinski definition) is 1. The van der Waals surface area contributed by atoms with E-state index in [4.69, 9.17) is 0 Å². The van der Waals surface area contributed by atoms with Crippen molar-refractivity contribution < 1.29 is 13.2 Å². The van der Waals surface area contributed by atoms with Gasteiger partial charge in [0.05, 0.1) is 11.4 Å². The molecule has 2 aromatic carbocycles. The fraction of sp³-hybridized carbons (Fsp3) is 0.316. The molecule has 0 aromatic heterocycles. The Morgan fingerprint density at radius 2 is 2.00 bits per heavy atom. The molecule has 0 radical (unpaired) electrons. The molecule has 6 heteroatoms. The number of hydrogen-bond acceptors (Lipinski definition) is 3. The average molecular weight is 358 g/mol. The number of anilines is 2. The largest absolute Gasteiger partial charge is 0.322 e. The summed E-state index contributed by atoms with van der Waals surface area (Å²) >= 11 is 0. The van der Waals surface area contributed by atoms with E-state index in [1.807, 2.05) is 31.2 Å². The number of rotatable bonds is 4. The van der Waals surface area contributed by atoms with Gasteiger partial charge in [-0.2, -0.15) is 0 Å². The van der Waals surface area contributed by atoms with E-state index < -0.39 is 10.0 Å². The lowest BCUT2D eigenvalue weighted by atomic mass is 10.0. The van der Waals surface area contributed by atoms with Gasteiger partial charge in [0.1, 0.15) is 0 Å². The molecule has 0 aliphatic carbocycles. The van der Waals surface area contributed by atoms with Crippen molar-refractivity contribution in [2.75, 3.05) is 21.9 Å². The summed E-state index contributed by atoms with van der Waals surface area (Å²) in [5, 5.41) is 2.89. The number of fused-ring (bicyclic) bond motifs is 1. The second-order valence-electron chi connectivity index (χ2n) is 6.24. The van der Waals surface area contributed by atoms with Gasteiger partial charge in [0.25, 0.3) is 5.91 Å². The number of aryl methyl sites for hydroxylation is 2. The number of sulfonamides is 1. The molecule has 1 heterocycles. The number of nitrogens with zero attached hydrogens (tertiary/aromatic N) is 1. The first-order chi connectivity index (χ1) is 11.9. The fourth-order valence-corrected chi connectivity index (χ4v) is 4.27. The first kappa shape index (κ1) is 17.5. The molecule has 0 atom stereocenters. The Morgan fingerprint density at radius 1 is 1.20 bits per heavy atom. The van der Waals surface area contributed by atoms with E-state index >= 15 is 0 Å². The van der Waals surface area contributed by atoms with Crippen LogP contribution in [0.5, 0.6) is 0 Å². The molecule has 132 valence electrons. The van der Waals surface area contributed by atoms with E-state index in [9.17, 15) is 13.2 Å². The molecular weight excluding hydrogens is 336 g/mol. The predicted octanol–water partition coefficient (Wildman–Crippen LogP) is 3.35. The molecule has 1 N–H and O–H groups in total. The van der Waals surface area contributed by atoms with Crippen molar-refractivity contribution >= 4 is 27.3 Å². The summed E-state index contributed by atoms with van der Waals surface area (Å²) in [6, 6.07) is 12.9. The van der Waals surface area contributed by atoms with Gasteiger partial charge in [-0.15, -0.1) is 0 Å². The van der Waals surface area contributed by atoms with Gasteiger partial charge in [-0.1, -0.05) is 12.1 Å². The average Bonchev–Trinajstić information content (AvgIpc) is 2.60. The first-order valence-corrected chi connectivity index (χ1v) is 10.0. The predicted molar refractivity (Wildman–Crippen MR) is 101 cm³/mol. The van der Waals surface area contributed by atoms with Crippen molar-refractivity contribution in [2.24, 2.45) is 0 Å². The van der Waals surface area contributed by atoms with Gasteiger partial charge in [-0.05, 0) is 68.1 Å². The minimum atomic E-state index is -3.29. The summed E-state index contributed by atoms with van der Waals surface area (Å²) in [4.78, 5) is 12.5. The molecule has 1 aliphatic heterocycles. The van der Waals surface area contributed by atoms with Gasteiger partial charge in [-0.3, -0.25) is 9.10 Å². The SMILES string of the molecule is CCS(=O)(=O)N1CCCc2cc(C(=O)Nc3cccc(C)c3)ccc21. The summed E-state index contributed by atoms with van der Waals surface area (Å²) in [6.07, 6.45) is 1.53. The van der Waals surface area contributed by atoms with Crippen LogP contribution < -0.4 is 9.62 Å². The number of carbonyl (C=O) groups is 1. The standard InChI is InChI=1S/C19H22N2O3S/c1-3-25(23,24)21-11-5-7-15-13-16(9-10-18(15)21)19(22)20-17-8-4-6-14(2)12-17/h4,6,8-10,12-13H,3,5,7,11H2,1-2H3,(H,20,22). The zero-order chi connectivity index (χ0) is 18.0. The van der Waals surface area contributed by atoms with Crippen LogP contribution in [-0.2, 0) is 16.4 Å². The molecule has 0 saturated carbocycles. The van der Waals surface area contributed by atoms with Crippen LogP contribution in [0.3, 0.4) is 0 Å². The first-order valence-electron chi connectivity index (χ1n) is 8.42. The molecular formula is C19H22N2O3S. The minimum Gasteiger partial charge on any atom is -0.322 e. The summed E-state index contributed by atoms with van der Waals surface area (Å²) < 4.78 is 26.0. The van der Waals surface area contributed by atoms with Crippen LogP contribution in [0.2, 0.25) is 0 Å². The van der Waals surface area contributed by atoms with E-state index in [2.05, 4.69) is 5.32 Å². The van der Waals surface area contributed by atoms with Crippen molar-refractivity contribution in [2.45, 2.75) is 26.7 Å². The monoisotopic (exact) mass is 358 g/mol. The quantitative estimate of drug-likeness (QED) is 0.911. The van der Waals surface area contributed by atoms with Gasteiger partial charge in [-0.25, -0.2) is 8.42 Å². The molecule has 1 aliphatic rings. The van der Waals surface area contributed by atoms with E-state index in [1.54, 1.807) is 25.1 Å². The second-order valence-corrected chi connectivity index (χ2v) is 8.43. The van der Waals surface area contributed by atoms with Crippen LogP contribution in [0.25, 0.3) is 0 Å². The molecule has 0 fully saturated rings. The Labute approximate surface area is 148 Å². The topological polar surface area (TPSA) is 66.5 Å².